The fourth-order valence-corrected chi connectivity index (χ4v) is 5.27. The molecule has 0 spiro atoms. The van der Waals surface area contributed by atoms with E-state index in [1.807, 2.05) is 0 Å². The van der Waals surface area contributed by atoms with E-state index in [0.717, 1.165) is 23.1 Å². The number of anilines is 1. The van der Waals surface area contributed by atoms with Crippen molar-refractivity contribution in [1.29, 1.82) is 0 Å². The summed E-state index contributed by atoms with van der Waals surface area (Å²) < 4.78 is 50.9. The highest BCUT2D eigenvalue weighted by atomic mass is 35.5. The van der Waals surface area contributed by atoms with E-state index in [1.165, 1.54) is 18.2 Å². The highest BCUT2D eigenvalue weighted by Crippen LogP contribution is 2.52. The molecule has 0 saturated carbocycles. The van der Waals surface area contributed by atoms with Crippen LogP contribution in [0.3, 0.4) is 0 Å². The van der Waals surface area contributed by atoms with Crippen molar-refractivity contribution in [3.63, 3.8) is 0 Å². The van der Waals surface area contributed by atoms with Crippen LogP contribution in [0.4, 0.5) is 18.9 Å². The van der Waals surface area contributed by atoms with Gasteiger partial charge in [-0.1, -0.05) is 41.4 Å². The SMILES string of the molecule is O=C(COc1ccc(Cl)cc1Cl)NC[C@@]12C=C[C@@H](O1)[C@@H]1C(=O)N(c3cccc(C(F)(F)F)c3)C(=O)[C@@H]12. The molecule has 2 aromatic carbocycles. The summed E-state index contributed by atoms with van der Waals surface area (Å²) in [5, 5.41) is 3.26. The van der Waals surface area contributed by atoms with Crippen LogP contribution < -0.4 is 15.0 Å². The topological polar surface area (TPSA) is 84.9 Å². The van der Waals surface area contributed by atoms with Crippen molar-refractivity contribution < 1.29 is 37.0 Å². The van der Waals surface area contributed by atoms with E-state index in [9.17, 15) is 27.6 Å². The Morgan fingerprint density at radius 3 is 2.64 bits per heavy atom. The maximum atomic E-state index is 13.3. The van der Waals surface area contributed by atoms with Crippen molar-refractivity contribution in [2.75, 3.05) is 18.1 Å². The zero-order valence-corrected chi connectivity index (χ0v) is 19.7. The Kier molecular flexibility index (Phi) is 6.01. The second kappa shape index (κ2) is 8.79. The number of amides is 3. The van der Waals surface area contributed by atoms with Gasteiger partial charge in [-0.25, -0.2) is 4.90 Å². The molecule has 3 aliphatic rings. The molecule has 2 fully saturated rings. The molecule has 2 saturated heterocycles. The number of hydrogen-bond acceptors (Lipinski definition) is 5. The number of fused-ring (bicyclic) bond motifs is 5. The molecule has 3 amide bonds. The summed E-state index contributed by atoms with van der Waals surface area (Å²) in [4.78, 5) is 39.6. The molecule has 4 atom stereocenters. The van der Waals surface area contributed by atoms with E-state index in [-0.39, 0.29) is 29.6 Å². The van der Waals surface area contributed by atoms with Crippen LogP contribution in [0.5, 0.6) is 5.75 Å². The number of halogens is 5. The molecule has 0 unspecified atom stereocenters. The van der Waals surface area contributed by atoms with Crippen molar-refractivity contribution in [3.8, 4) is 5.75 Å². The quantitative estimate of drug-likeness (QED) is 0.442. The molecule has 0 aromatic heterocycles. The number of nitrogens with one attached hydrogen (secondary N) is 1. The smallest absolute Gasteiger partial charge is 0.416 e. The largest absolute Gasteiger partial charge is 0.482 e. The number of nitrogens with zero attached hydrogens (tertiary/aromatic N) is 1. The van der Waals surface area contributed by atoms with Gasteiger partial charge in [-0.05, 0) is 36.4 Å². The van der Waals surface area contributed by atoms with Crippen LogP contribution in [0.1, 0.15) is 5.56 Å². The van der Waals surface area contributed by atoms with Gasteiger partial charge in [-0.15, -0.1) is 0 Å². The summed E-state index contributed by atoms with van der Waals surface area (Å²) in [6.07, 6.45) is -2.14. The number of ether oxygens (including phenoxy) is 2. The molecule has 2 bridgehead atoms. The third-order valence-electron chi connectivity index (χ3n) is 6.40. The van der Waals surface area contributed by atoms with Crippen molar-refractivity contribution in [3.05, 3.63) is 70.2 Å². The molecule has 3 heterocycles. The molecule has 0 radical (unpaired) electrons. The van der Waals surface area contributed by atoms with Gasteiger partial charge < -0.3 is 14.8 Å². The van der Waals surface area contributed by atoms with E-state index >= 15 is 0 Å². The molecule has 7 nitrogen and oxygen atoms in total. The minimum absolute atomic E-state index is 0.146. The lowest BCUT2D eigenvalue weighted by Crippen LogP contribution is -2.49. The van der Waals surface area contributed by atoms with E-state index < -0.39 is 53.0 Å². The third-order valence-corrected chi connectivity index (χ3v) is 6.93. The van der Waals surface area contributed by atoms with Crippen LogP contribution in [0, 0.1) is 11.8 Å². The highest BCUT2D eigenvalue weighted by Gasteiger charge is 2.67. The molecule has 2 aromatic rings. The van der Waals surface area contributed by atoms with E-state index in [0.29, 0.717) is 5.02 Å². The third kappa shape index (κ3) is 4.12. The van der Waals surface area contributed by atoms with Crippen molar-refractivity contribution >= 4 is 46.6 Å². The molecule has 1 N–H and O–H groups in total. The molecule has 188 valence electrons. The van der Waals surface area contributed by atoms with Crippen LogP contribution in [0.25, 0.3) is 0 Å². The van der Waals surface area contributed by atoms with Crippen LogP contribution in [-0.2, 0) is 25.3 Å². The minimum Gasteiger partial charge on any atom is -0.482 e. The molecule has 0 aliphatic carbocycles. The summed E-state index contributed by atoms with van der Waals surface area (Å²) in [5.41, 5.74) is -2.45. The normalized spacial score (nSPS) is 26.5. The van der Waals surface area contributed by atoms with Crippen molar-refractivity contribution in [1.82, 2.24) is 5.32 Å². The summed E-state index contributed by atoms with van der Waals surface area (Å²) in [7, 11) is 0. The van der Waals surface area contributed by atoms with Crippen LogP contribution >= 0.6 is 23.2 Å². The zero-order chi connectivity index (χ0) is 25.8. The lowest BCUT2D eigenvalue weighted by atomic mass is 9.77. The standard InChI is InChI=1S/C24H17Cl2F3N2O5/c25-13-4-5-16(15(26)9-13)35-10-18(32)30-11-23-7-6-17(36-23)19-20(23)22(34)31(21(19)33)14-3-1-2-12(8-14)24(27,28)29/h1-9,17,19-20H,10-11H2,(H,30,32)/t17-,19+,20-,23-/m1/s1. The fourth-order valence-electron chi connectivity index (χ4n) is 4.81. The average molecular weight is 541 g/mol. The molecular weight excluding hydrogens is 524 g/mol. The highest BCUT2D eigenvalue weighted by molar-refractivity contribution is 6.35. The lowest BCUT2D eigenvalue weighted by molar-refractivity contribution is -0.137. The Bertz CT molecular complexity index is 1300. The second-order valence-corrected chi connectivity index (χ2v) is 9.44. The summed E-state index contributed by atoms with van der Waals surface area (Å²) in [5.74, 6) is -3.52. The van der Waals surface area contributed by atoms with Crippen LogP contribution in [-0.4, -0.2) is 42.6 Å². The number of carbonyl (C=O) groups excluding carboxylic acids is 3. The number of alkyl halides is 3. The number of rotatable bonds is 6. The van der Waals surface area contributed by atoms with Gasteiger partial charge in [0, 0.05) is 5.02 Å². The Hall–Kier alpha value is -3.08. The van der Waals surface area contributed by atoms with Gasteiger partial charge in [0.1, 0.15) is 11.4 Å². The van der Waals surface area contributed by atoms with Gasteiger partial charge in [-0.2, -0.15) is 13.2 Å². The van der Waals surface area contributed by atoms with Gasteiger partial charge >= 0.3 is 6.18 Å². The predicted molar refractivity (Wildman–Crippen MR) is 123 cm³/mol. The first-order chi connectivity index (χ1) is 17.0. The summed E-state index contributed by atoms with van der Waals surface area (Å²) >= 11 is 11.9. The number of carbonyl (C=O) groups is 3. The number of imide groups is 1. The van der Waals surface area contributed by atoms with E-state index in [1.54, 1.807) is 18.2 Å². The van der Waals surface area contributed by atoms with Crippen LogP contribution in [0.15, 0.2) is 54.6 Å². The molecule has 3 aliphatic heterocycles. The van der Waals surface area contributed by atoms with Gasteiger partial charge in [0.2, 0.25) is 11.8 Å². The average Bonchev–Trinajstić information content (AvgIpc) is 3.47. The first-order valence-corrected chi connectivity index (χ1v) is 11.5. The van der Waals surface area contributed by atoms with Gasteiger partial charge in [0.25, 0.3) is 5.91 Å². The molecule has 12 heteroatoms. The van der Waals surface area contributed by atoms with Gasteiger partial charge in [-0.3, -0.25) is 14.4 Å². The summed E-state index contributed by atoms with van der Waals surface area (Å²) in [6, 6.07) is 8.56. The van der Waals surface area contributed by atoms with Gasteiger partial charge in [0.15, 0.2) is 6.61 Å². The maximum absolute atomic E-state index is 13.3. The summed E-state index contributed by atoms with van der Waals surface area (Å²) in [6.45, 7) is -0.533. The first-order valence-electron chi connectivity index (χ1n) is 10.8. The Morgan fingerprint density at radius 2 is 1.92 bits per heavy atom. The predicted octanol–water partition coefficient (Wildman–Crippen LogP) is 4.02. The second-order valence-electron chi connectivity index (χ2n) is 8.60. The Balaban J connectivity index is 1.30. The van der Waals surface area contributed by atoms with Crippen molar-refractivity contribution in [2.45, 2.75) is 17.9 Å². The monoisotopic (exact) mass is 540 g/mol. The van der Waals surface area contributed by atoms with E-state index in [4.69, 9.17) is 32.7 Å². The first kappa shape index (κ1) is 24.6. The molecule has 36 heavy (non-hydrogen) atoms. The molecule has 5 rings (SSSR count). The van der Waals surface area contributed by atoms with Crippen molar-refractivity contribution in [2.24, 2.45) is 11.8 Å². The Morgan fingerprint density at radius 1 is 1.14 bits per heavy atom. The Labute approximate surface area is 212 Å². The lowest BCUT2D eigenvalue weighted by Gasteiger charge is -2.29. The number of hydrogen-bond donors (Lipinski definition) is 1. The van der Waals surface area contributed by atoms with E-state index in [2.05, 4.69) is 5.32 Å². The zero-order valence-electron chi connectivity index (χ0n) is 18.2. The maximum Gasteiger partial charge on any atom is 0.416 e. The van der Waals surface area contributed by atoms with Gasteiger partial charge in [0.05, 0.1) is 40.8 Å². The van der Waals surface area contributed by atoms with Crippen LogP contribution in [0.2, 0.25) is 10.0 Å². The number of benzene rings is 2. The fraction of sp³-hybridized carbons (Fsp3) is 0.292. The molecular formula is C24H17Cl2F3N2O5. The minimum atomic E-state index is -4.63.